The molecule has 1 aliphatic heterocycles. The number of ether oxygens (including phenoxy) is 2. The third-order valence-corrected chi connectivity index (χ3v) is 2.61. The summed E-state index contributed by atoms with van der Waals surface area (Å²) in [6.45, 7) is 10.4. The SMILES string of the molecule is CCC(C)(C)C1OCC(C)CO1. The zero-order chi connectivity index (χ0) is 9.19. The molecule has 0 amide bonds. The summed E-state index contributed by atoms with van der Waals surface area (Å²) in [7, 11) is 0. The van der Waals surface area contributed by atoms with Gasteiger partial charge in [-0.1, -0.05) is 27.7 Å². The van der Waals surface area contributed by atoms with Crippen LogP contribution in [0.25, 0.3) is 0 Å². The van der Waals surface area contributed by atoms with E-state index in [1.807, 2.05) is 0 Å². The van der Waals surface area contributed by atoms with E-state index >= 15 is 0 Å². The second-order valence-corrected chi connectivity index (χ2v) is 4.45. The monoisotopic (exact) mass is 172 g/mol. The topological polar surface area (TPSA) is 18.5 Å². The van der Waals surface area contributed by atoms with Gasteiger partial charge >= 0.3 is 0 Å². The normalized spacial score (nSPS) is 32.0. The Hall–Kier alpha value is -0.0800. The molecule has 0 atom stereocenters. The Morgan fingerprint density at radius 2 is 1.75 bits per heavy atom. The molecular formula is C10H20O2. The van der Waals surface area contributed by atoms with Crippen molar-refractivity contribution in [1.29, 1.82) is 0 Å². The maximum atomic E-state index is 5.62. The number of hydrogen-bond donors (Lipinski definition) is 0. The molecule has 1 heterocycles. The van der Waals surface area contributed by atoms with Crippen molar-refractivity contribution >= 4 is 0 Å². The summed E-state index contributed by atoms with van der Waals surface area (Å²) in [4.78, 5) is 0. The first-order valence-corrected chi connectivity index (χ1v) is 4.79. The van der Waals surface area contributed by atoms with E-state index in [9.17, 15) is 0 Å². The summed E-state index contributed by atoms with van der Waals surface area (Å²) in [5, 5.41) is 0. The van der Waals surface area contributed by atoms with Crippen molar-refractivity contribution in [2.75, 3.05) is 13.2 Å². The highest BCUT2D eigenvalue weighted by atomic mass is 16.7. The van der Waals surface area contributed by atoms with Crippen LogP contribution in [0, 0.1) is 11.3 Å². The van der Waals surface area contributed by atoms with Crippen molar-refractivity contribution < 1.29 is 9.47 Å². The average Bonchev–Trinajstić information content (AvgIpc) is 2.05. The largest absolute Gasteiger partial charge is 0.352 e. The summed E-state index contributed by atoms with van der Waals surface area (Å²) in [6, 6.07) is 0. The Bertz CT molecular complexity index is 135. The highest BCUT2D eigenvalue weighted by Crippen LogP contribution is 2.30. The van der Waals surface area contributed by atoms with Gasteiger partial charge in [-0.3, -0.25) is 0 Å². The van der Waals surface area contributed by atoms with Crippen LogP contribution < -0.4 is 0 Å². The van der Waals surface area contributed by atoms with Crippen LogP contribution in [0.15, 0.2) is 0 Å². The van der Waals surface area contributed by atoms with Gasteiger partial charge in [-0.15, -0.1) is 0 Å². The van der Waals surface area contributed by atoms with Crippen LogP contribution in [-0.2, 0) is 9.47 Å². The molecule has 12 heavy (non-hydrogen) atoms. The summed E-state index contributed by atoms with van der Waals surface area (Å²) in [5.74, 6) is 0.550. The molecule has 1 rings (SSSR count). The minimum atomic E-state index is -0.00120. The molecule has 0 aromatic rings. The molecule has 0 aromatic heterocycles. The lowest BCUT2D eigenvalue weighted by molar-refractivity contribution is -0.244. The summed E-state index contributed by atoms with van der Waals surface area (Å²) >= 11 is 0. The van der Waals surface area contributed by atoms with Gasteiger partial charge in [0.05, 0.1) is 13.2 Å². The molecule has 0 unspecified atom stereocenters. The van der Waals surface area contributed by atoms with Crippen LogP contribution in [0.4, 0.5) is 0 Å². The van der Waals surface area contributed by atoms with Crippen LogP contribution in [0.3, 0.4) is 0 Å². The maximum Gasteiger partial charge on any atom is 0.162 e. The van der Waals surface area contributed by atoms with Gasteiger partial charge in [0, 0.05) is 11.3 Å². The fourth-order valence-corrected chi connectivity index (χ4v) is 1.22. The molecule has 0 bridgehead atoms. The predicted molar refractivity (Wildman–Crippen MR) is 48.9 cm³/mol. The molecule has 72 valence electrons. The summed E-state index contributed by atoms with van der Waals surface area (Å²) < 4.78 is 11.2. The van der Waals surface area contributed by atoms with Crippen LogP contribution in [0.2, 0.25) is 0 Å². The van der Waals surface area contributed by atoms with Crippen molar-refractivity contribution in [3.05, 3.63) is 0 Å². The second-order valence-electron chi connectivity index (χ2n) is 4.45. The first kappa shape index (κ1) is 10.0. The molecule has 1 saturated heterocycles. The van der Waals surface area contributed by atoms with Gasteiger partial charge < -0.3 is 9.47 Å². The fourth-order valence-electron chi connectivity index (χ4n) is 1.22. The van der Waals surface area contributed by atoms with Crippen molar-refractivity contribution in [2.24, 2.45) is 11.3 Å². The van der Waals surface area contributed by atoms with Gasteiger partial charge in [0.15, 0.2) is 6.29 Å². The van der Waals surface area contributed by atoms with E-state index in [2.05, 4.69) is 27.7 Å². The van der Waals surface area contributed by atoms with E-state index in [0.717, 1.165) is 19.6 Å². The lowest BCUT2D eigenvalue weighted by atomic mass is 9.89. The maximum absolute atomic E-state index is 5.62. The Morgan fingerprint density at radius 1 is 1.25 bits per heavy atom. The molecule has 0 spiro atoms. The highest BCUT2D eigenvalue weighted by molar-refractivity contribution is 4.73. The van der Waals surface area contributed by atoms with E-state index < -0.39 is 0 Å². The van der Waals surface area contributed by atoms with Crippen molar-refractivity contribution in [3.8, 4) is 0 Å². The third-order valence-electron chi connectivity index (χ3n) is 2.61. The van der Waals surface area contributed by atoms with E-state index in [1.165, 1.54) is 0 Å². The Labute approximate surface area is 75.2 Å². The fraction of sp³-hybridized carbons (Fsp3) is 1.00. The molecular weight excluding hydrogens is 152 g/mol. The van der Waals surface area contributed by atoms with E-state index in [1.54, 1.807) is 0 Å². The first-order chi connectivity index (χ1) is 5.56. The van der Waals surface area contributed by atoms with Crippen LogP contribution in [-0.4, -0.2) is 19.5 Å². The lowest BCUT2D eigenvalue weighted by Gasteiger charge is -2.37. The number of hydrogen-bond acceptors (Lipinski definition) is 2. The van der Waals surface area contributed by atoms with Gasteiger partial charge in [-0.2, -0.15) is 0 Å². The van der Waals surface area contributed by atoms with Crippen LogP contribution >= 0.6 is 0 Å². The van der Waals surface area contributed by atoms with Gasteiger partial charge in [0.2, 0.25) is 0 Å². The highest BCUT2D eigenvalue weighted by Gasteiger charge is 2.32. The van der Waals surface area contributed by atoms with Crippen molar-refractivity contribution in [2.45, 2.75) is 40.4 Å². The molecule has 2 heteroatoms. The van der Waals surface area contributed by atoms with Crippen molar-refractivity contribution in [3.63, 3.8) is 0 Å². The zero-order valence-electron chi connectivity index (χ0n) is 8.59. The number of rotatable bonds is 2. The smallest absolute Gasteiger partial charge is 0.162 e. The third kappa shape index (κ3) is 2.20. The molecule has 0 aliphatic carbocycles. The molecule has 1 aliphatic rings. The van der Waals surface area contributed by atoms with Gasteiger partial charge in [0.1, 0.15) is 0 Å². The molecule has 0 N–H and O–H groups in total. The Kier molecular flexibility index (Phi) is 3.13. The molecule has 0 aromatic carbocycles. The van der Waals surface area contributed by atoms with E-state index in [4.69, 9.17) is 9.47 Å². The summed E-state index contributed by atoms with van der Waals surface area (Å²) in [5.41, 5.74) is 0.153. The average molecular weight is 172 g/mol. The van der Waals surface area contributed by atoms with Crippen molar-refractivity contribution in [1.82, 2.24) is 0 Å². The van der Waals surface area contributed by atoms with Gasteiger partial charge in [-0.05, 0) is 6.42 Å². The first-order valence-electron chi connectivity index (χ1n) is 4.79. The molecule has 0 radical (unpaired) electrons. The second kappa shape index (κ2) is 3.75. The standard InChI is InChI=1S/C10H20O2/c1-5-10(3,4)9-11-6-8(2)7-12-9/h8-9H,5-7H2,1-4H3. The minimum Gasteiger partial charge on any atom is -0.352 e. The summed E-state index contributed by atoms with van der Waals surface area (Å²) in [6.07, 6.45) is 1.09. The van der Waals surface area contributed by atoms with Gasteiger partial charge in [0.25, 0.3) is 0 Å². The van der Waals surface area contributed by atoms with E-state index in [0.29, 0.717) is 5.92 Å². The minimum absolute atomic E-state index is 0.00120. The quantitative estimate of drug-likeness (QED) is 0.637. The van der Waals surface area contributed by atoms with Crippen LogP contribution in [0.1, 0.15) is 34.1 Å². The lowest BCUT2D eigenvalue weighted by Crippen LogP contribution is -2.40. The Morgan fingerprint density at radius 3 is 2.17 bits per heavy atom. The predicted octanol–water partition coefficient (Wildman–Crippen LogP) is 2.43. The van der Waals surface area contributed by atoms with E-state index in [-0.39, 0.29) is 11.7 Å². The molecule has 1 fully saturated rings. The van der Waals surface area contributed by atoms with Crippen LogP contribution in [0.5, 0.6) is 0 Å². The molecule has 0 saturated carbocycles. The van der Waals surface area contributed by atoms with Gasteiger partial charge in [-0.25, -0.2) is 0 Å². The zero-order valence-corrected chi connectivity index (χ0v) is 8.59. The molecule has 2 nitrogen and oxygen atoms in total. The Balaban J connectivity index is 2.44.